The summed E-state index contributed by atoms with van der Waals surface area (Å²) in [4.78, 5) is 18.2. The van der Waals surface area contributed by atoms with E-state index in [1.54, 1.807) is 35.2 Å². The second-order valence-electron chi connectivity index (χ2n) is 8.18. The van der Waals surface area contributed by atoms with Crippen LogP contribution < -0.4 is 10.0 Å². The topological polar surface area (TPSA) is 94.3 Å². The molecule has 1 amide bonds. The molecule has 0 unspecified atom stereocenters. The van der Waals surface area contributed by atoms with E-state index >= 15 is 0 Å². The Balaban J connectivity index is 1.30. The molecule has 3 N–H and O–H groups in total. The van der Waals surface area contributed by atoms with Crippen LogP contribution in [0.1, 0.15) is 28.9 Å². The highest BCUT2D eigenvalue weighted by atomic mass is 32.2. The first-order valence-electron chi connectivity index (χ1n) is 10.3. The monoisotopic (exact) mass is 442 g/mol. The Hall–Kier alpha value is -2.91. The predicted octanol–water partition coefficient (Wildman–Crippen LogP) is 3.20. The second-order valence-corrected chi connectivity index (χ2v) is 9.87. The molecule has 0 radical (unpaired) electrons. The number of para-hydroxylation sites is 1. The average molecular weight is 443 g/mol. The molecule has 7 nitrogen and oxygen atoms in total. The molecule has 0 saturated carbocycles. The van der Waals surface area contributed by atoms with Crippen LogP contribution >= 0.6 is 0 Å². The molecule has 0 bridgehead atoms. The van der Waals surface area contributed by atoms with Gasteiger partial charge < -0.3 is 15.2 Å². The summed E-state index contributed by atoms with van der Waals surface area (Å²) in [6.45, 7) is 2.86. The lowest BCUT2D eigenvalue weighted by atomic mass is 9.93. The number of hydrogen-bond donors (Lipinski definition) is 3. The van der Waals surface area contributed by atoms with Crippen molar-refractivity contribution in [2.75, 3.05) is 18.4 Å². The smallest absolute Gasteiger partial charge is 0.270 e. The van der Waals surface area contributed by atoms with Crippen molar-refractivity contribution in [3.8, 4) is 0 Å². The molecule has 2 aliphatic heterocycles. The lowest BCUT2D eigenvalue weighted by molar-refractivity contribution is 0.0673. The van der Waals surface area contributed by atoms with Gasteiger partial charge in [0.2, 0.25) is 10.0 Å². The van der Waals surface area contributed by atoms with E-state index < -0.39 is 16.2 Å². The number of carbonyl (C=O) groups is 1. The van der Waals surface area contributed by atoms with Crippen molar-refractivity contribution in [1.29, 1.82) is 0 Å². The Morgan fingerprint density at radius 3 is 2.65 bits per heavy atom. The lowest BCUT2D eigenvalue weighted by Crippen LogP contribution is -2.52. The van der Waals surface area contributed by atoms with E-state index in [9.17, 15) is 17.6 Å². The molecule has 0 spiro atoms. The number of carbonyl (C=O) groups excluding carboxylic acids is 1. The molecule has 9 heteroatoms. The van der Waals surface area contributed by atoms with Crippen LogP contribution in [0.15, 0.2) is 47.4 Å². The van der Waals surface area contributed by atoms with Gasteiger partial charge >= 0.3 is 0 Å². The molecule has 5 rings (SSSR count). The van der Waals surface area contributed by atoms with Gasteiger partial charge in [-0.3, -0.25) is 4.79 Å². The van der Waals surface area contributed by atoms with Crippen molar-refractivity contribution in [2.45, 2.75) is 30.8 Å². The first kappa shape index (κ1) is 20.0. The number of likely N-dealkylation sites (tertiary alicyclic amines) is 1. The number of nitrogens with zero attached hydrogens (tertiary/aromatic N) is 1. The molecule has 3 aromatic rings. The molecule has 0 aliphatic carbocycles. The van der Waals surface area contributed by atoms with Gasteiger partial charge in [0.1, 0.15) is 16.4 Å². The minimum atomic E-state index is -3.57. The zero-order valence-electron chi connectivity index (χ0n) is 17.0. The summed E-state index contributed by atoms with van der Waals surface area (Å²) in [5, 5.41) is 4.00. The van der Waals surface area contributed by atoms with Gasteiger partial charge in [-0.25, -0.2) is 12.8 Å². The van der Waals surface area contributed by atoms with Gasteiger partial charge in [-0.15, -0.1) is 0 Å². The number of nitrogens with one attached hydrogen (secondary N) is 3. The number of halogens is 1. The number of amides is 1. The molecule has 3 heterocycles. The maximum atomic E-state index is 13.6. The number of piperidine rings is 1. The molecule has 2 aliphatic rings. The SMILES string of the molecule is Cc1c(C(=O)N2CCC([C@@H]3Nc4ccccc4S(=O)(=O)N3)CC2)[nH]c2ccc(F)cc12. The Morgan fingerprint density at radius 1 is 1.13 bits per heavy atom. The maximum Gasteiger partial charge on any atom is 0.270 e. The molecule has 2 aromatic carbocycles. The standard InChI is InChI=1S/C22H23FN4O3S/c1-13-16-12-15(23)6-7-17(16)24-20(13)22(28)27-10-8-14(9-11-27)21-25-18-4-2-3-5-19(18)31(29,30)26-21/h2-7,12,14,21,24-26H,8-11H2,1H3/t21-/m1/s1. The van der Waals surface area contributed by atoms with Crippen LogP contribution in [0.25, 0.3) is 10.9 Å². The molecular weight excluding hydrogens is 419 g/mol. The van der Waals surface area contributed by atoms with Gasteiger partial charge in [0.25, 0.3) is 5.91 Å². The quantitative estimate of drug-likeness (QED) is 0.568. The number of rotatable bonds is 2. The first-order valence-corrected chi connectivity index (χ1v) is 11.8. The van der Waals surface area contributed by atoms with Gasteiger partial charge in [-0.1, -0.05) is 12.1 Å². The Labute approximate surface area is 179 Å². The van der Waals surface area contributed by atoms with E-state index in [4.69, 9.17) is 0 Å². The number of fused-ring (bicyclic) bond motifs is 2. The minimum Gasteiger partial charge on any atom is -0.368 e. The molecule has 1 saturated heterocycles. The molecule has 1 aromatic heterocycles. The van der Waals surface area contributed by atoms with Gasteiger partial charge in [0.05, 0.1) is 11.9 Å². The normalized spacial score (nSPS) is 21.0. The van der Waals surface area contributed by atoms with Crippen molar-refractivity contribution < 1.29 is 17.6 Å². The van der Waals surface area contributed by atoms with E-state index in [1.165, 1.54) is 12.1 Å². The van der Waals surface area contributed by atoms with E-state index in [1.807, 2.05) is 6.92 Å². The number of aromatic nitrogens is 1. The summed E-state index contributed by atoms with van der Waals surface area (Å²) in [6.07, 6.45) is 0.930. The van der Waals surface area contributed by atoms with Crippen LogP contribution in [0.2, 0.25) is 0 Å². The summed E-state index contributed by atoms with van der Waals surface area (Å²) in [5.74, 6) is -0.390. The molecular formula is C22H23FN4O3S. The number of aryl methyl sites for hydroxylation is 1. The highest BCUT2D eigenvalue weighted by Gasteiger charge is 2.36. The first-order chi connectivity index (χ1) is 14.8. The predicted molar refractivity (Wildman–Crippen MR) is 116 cm³/mol. The van der Waals surface area contributed by atoms with E-state index in [-0.39, 0.29) is 22.5 Å². The number of sulfonamides is 1. The highest BCUT2D eigenvalue weighted by Crippen LogP contribution is 2.31. The average Bonchev–Trinajstić information content (AvgIpc) is 3.09. The van der Waals surface area contributed by atoms with Gasteiger partial charge in [-0.05, 0) is 61.6 Å². The summed E-state index contributed by atoms with van der Waals surface area (Å²) in [7, 11) is -3.57. The highest BCUT2D eigenvalue weighted by molar-refractivity contribution is 7.89. The lowest BCUT2D eigenvalue weighted by Gasteiger charge is -2.38. The molecule has 1 atom stereocenters. The summed E-state index contributed by atoms with van der Waals surface area (Å²) < 4.78 is 41.5. The third-order valence-electron chi connectivity index (χ3n) is 6.30. The van der Waals surface area contributed by atoms with Crippen molar-refractivity contribution in [1.82, 2.24) is 14.6 Å². The third kappa shape index (κ3) is 3.47. The van der Waals surface area contributed by atoms with E-state index in [0.29, 0.717) is 42.7 Å². The van der Waals surface area contributed by atoms with Crippen LogP contribution in [0.5, 0.6) is 0 Å². The van der Waals surface area contributed by atoms with Crippen LogP contribution in [-0.2, 0) is 10.0 Å². The van der Waals surface area contributed by atoms with Crippen LogP contribution in [-0.4, -0.2) is 43.5 Å². The van der Waals surface area contributed by atoms with Gasteiger partial charge in [0.15, 0.2) is 0 Å². The summed E-state index contributed by atoms with van der Waals surface area (Å²) >= 11 is 0. The van der Waals surface area contributed by atoms with E-state index in [2.05, 4.69) is 15.0 Å². The zero-order chi connectivity index (χ0) is 21.8. The van der Waals surface area contributed by atoms with Crippen molar-refractivity contribution in [3.05, 3.63) is 59.5 Å². The Kier molecular flexibility index (Phi) is 4.75. The Bertz CT molecular complexity index is 1280. The van der Waals surface area contributed by atoms with E-state index in [0.717, 1.165) is 11.1 Å². The van der Waals surface area contributed by atoms with Crippen LogP contribution in [0.4, 0.5) is 10.1 Å². The number of hydrogen-bond acceptors (Lipinski definition) is 4. The van der Waals surface area contributed by atoms with Gasteiger partial charge in [0, 0.05) is 24.0 Å². The van der Waals surface area contributed by atoms with Crippen LogP contribution in [0.3, 0.4) is 0 Å². The minimum absolute atomic E-state index is 0.0603. The summed E-state index contributed by atoms with van der Waals surface area (Å²) in [6, 6.07) is 11.3. The van der Waals surface area contributed by atoms with Crippen LogP contribution in [0, 0.1) is 18.7 Å². The number of aromatic amines is 1. The fourth-order valence-corrected chi connectivity index (χ4v) is 5.96. The van der Waals surface area contributed by atoms with Crippen molar-refractivity contribution in [3.63, 3.8) is 0 Å². The fraction of sp³-hybridized carbons (Fsp3) is 0.318. The second kappa shape index (κ2) is 7.35. The zero-order valence-corrected chi connectivity index (χ0v) is 17.8. The fourth-order valence-electron chi connectivity index (χ4n) is 4.57. The van der Waals surface area contributed by atoms with Gasteiger partial charge in [-0.2, -0.15) is 4.72 Å². The summed E-state index contributed by atoms with van der Waals surface area (Å²) in [5.41, 5.74) is 2.55. The van der Waals surface area contributed by atoms with Crippen molar-refractivity contribution in [2.24, 2.45) is 5.92 Å². The van der Waals surface area contributed by atoms with Crippen molar-refractivity contribution >= 4 is 32.5 Å². The largest absolute Gasteiger partial charge is 0.368 e. The molecule has 1 fully saturated rings. The molecule has 162 valence electrons. The number of anilines is 1. The Morgan fingerprint density at radius 2 is 1.87 bits per heavy atom. The number of benzene rings is 2. The maximum absolute atomic E-state index is 13.6. The molecule has 31 heavy (non-hydrogen) atoms. The third-order valence-corrected chi connectivity index (χ3v) is 7.80. The number of H-pyrrole nitrogens is 1.